The van der Waals surface area contributed by atoms with Gasteiger partial charge in [0, 0.05) is 11.6 Å². The van der Waals surface area contributed by atoms with Crippen molar-refractivity contribution < 1.29 is 33.0 Å². The Balaban J connectivity index is 1.81. The van der Waals surface area contributed by atoms with Crippen molar-refractivity contribution in [2.75, 3.05) is 20.3 Å². The zero-order valence-corrected chi connectivity index (χ0v) is 17.6. The molecule has 1 aliphatic heterocycles. The first-order valence-corrected chi connectivity index (χ1v) is 10.1. The second-order valence-electron chi connectivity index (χ2n) is 6.09. The van der Waals surface area contributed by atoms with E-state index in [2.05, 4.69) is 4.74 Å². The number of furan rings is 1. The predicted molar refractivity (Wildman–Crippen MR) is 110 cm³/mol. The average molecular weight is 431 g/mol. The lowest BCUT2D eigenvalue weighted by atomic mass is 10.1. The number of imide groups is 1. The molecule has 0 N–H and O–H groups in total. The molecule has 1 fully saturated rings. The molecule has 0 saturated carbocycles. The maximum absolute atomic E-state index is 12.8. The van der Waals surface area contributed by atoms with Crippen LogP contribution in [0.25, 0.3) is 6.08 Å². The molecule has 9 heteroatoms. The highest BCUT2D eigenvalue weighted by Crippen LogP contribution is 2.36. The molecule has 8 nitrogen and oxygen atoms in total. The van der Waals surface area contributed by atoms with Crippen LogP contribution in [0.5, 0.6) is 11.5 Å². The van der Waals surface area contributed by atoms with E-state index in [1.807, 2.05) is 13.8 Å². The number of methoxy groups -OCH3 is 1. The third-order valence-electron chi connectivity index (χ3n) is 4.12. The molecule has 1 aromatic heterocycles. The number of benzene rings is 1. The Bertz CT molecular complexity index is 995. The number of thioether (sulfide) groups is 1. The van der Waals surface area contributed by atoms with Crippen molar-refractivity contribution in [3.63, 3.8) is 0 Å². The standard InChI is InChI=1S/C21H21NO7S/c1-4-27-14-7-6-13(17(11-14)28-5-2)10-18-19(23)22(21(25)30-18)12-15-8-9-16(29-15)20(24)26-3/h6-11H,4-5,12H2,1-3H3. The highest BCUT2D eigenvalue weighted by atomic mass is 32.2. The van der Waals surface area contributed by atoms with Crippen molar-refractivity contribution in [3.8, 4) is 11.5 Å². The lowest BCUT2D eigenvalue weighted by Crippen LogP contribution is -2.27. The van der Waals surface area contributed by atoms with Crippen LogP contribution in [-0.4, -0.2) is 42.3 Å². The molecule has 1 saturated heterocycles. The number of amides is 2. The summed E-state index contributed by atoms with van der Waals surface area (Å²) in [6.07, 6.45) is 1.62. The Kier molecular flexibility index (Phi) is 6.83. The SMILES string of the molecule is CCOc1ccc(C=C2SC(=O)N(Cc3ccc(C(=O)OC)o3)C2=O)c(OCC)c1. The fourth-order valence-electron chi connectivity index (χ4n) is 2.78. The van der Waals surface area contributed by atoms with Gasteiger partial charge in [0.05, 0.1) is 31.8 Å². The number of carbonyl (C=O) groups excluding carboxylic acids is 3. The van der Waals surface area contributed by atoms with Crippen LogP contribution >= 0.6 is 11.8 Å². The number of rotatable bonds is 8. The van der Waals surface area contributed by atoms with Gasteiger partial charge in [0.25, 0.3) is 11.1 Å². The molecule has 30 heavy (non-hydrogen) atoms. The highest BCUT2D eigenvalue weighted by Gasteiger charge is 2.36. The van der Waals surface area contributed by atoms with E-state index in [0.717, 1.165) is 16.7 Å². The van der Waals surface area contributed by atoms with Crippen LogP contribution in [0, 0.1) is 0 Å². The summed E-state index contributed by atoms with van der Waals surface area (Å²) in [7, 11) is 1.24. The third-order valence-corrected chi connectivity index (χ3v) is 5.03. The Morgan fingerprint density at radius 1 is 1.13 bits per heavy atom. The largest absolute Gasteiger partial charge is 0.494 e. The number of hydrogen-bond donors (Lipinski definition) is 0. The van der Waals surface area contributed by atoms with Crippen molar-refractivity contribution in [1.29, 1.82) is 0 Å². The van der Waals surface area contributed by atoms with Gasteiger partial charge in [-0.1, -0.05) is 0 Å². The maximum Gasteiger partial charge on any atom is 0.373 e. The van der Waals surface area contributed by atoms with Crippen molar-refractivity contribution in [3.05, 3.63) is 52.3 Å². The first-order chi connectivity index (χ1) is 14.5. The van der Waals surface area contributed by atoms with Gasteiger partial charge in [-0.15, -0.1) is 0 Å². The Labute approximate surface area is 177 Å². The molecular weight excluding hydrogens is 410 g/mol. The van der Waals surface area contributed by atoms with E-state index >= 15 is 0 Å². The fraction of sp³-hybridized carbons (Fsp3) is 0.286. The second kappa shape index (κ2) is 9.53. The molecular formula is C21H21NO7S. The quantitative estimate of drug-likeness (QED) is 0.455. The minimum absolute atomic E-state index is 0.00533. The van der Waals surface area contributed by atoms with Crippen LogP contribution in [0.2, 0.25) is 0 Å². The van der Waals surface area contributed by atoms with Crippen molar-refractivity contribution in [1.82, 2.24) is 4.90 Å². The minimum atomic E-state index is -0.630. The molecule has 0 atom stereocenters. The van der Waals surface area contributed by atoms with E-state index < -0.39 is 17.1 Å². The van der Waals surface area contributed by atoms with E-state index in [4.69, 9.17) is 13.9 Å². The Hall–Kier alpha value is -3.20. The molecule has 0 bridgehead atoms. The van der Waals surface area contributed by atoms with Gasteiger partial charge in [0.1, 0.15) is 17.3 Å². The van der Waals surface area contributed by atoms with Crippen LogP contribution in [0.15, 0.2) is 39.7 Å². The second-order valence-corrected chi connectivity index (χ2v) is 7.08. The van der Waals surface area contributed by atoms with Crippen LogP contribution in [0.3, 0.4) is 0 Å². The summed E-state index contributed by atoms with van der Waals surface area (Å²) in [5.74, 6) is 0.446. The Morgan fingerprint density at radius 2 is 1.90 bits per heavy atom. The Morgan fingerprint density at radius 3 is 2.60 bits per heavy atom. The molecule has 158 valence electrons. The number of hydrogen-bond acceptors (Lipinski definition) is 8. The number of ether oxygens (including phenoxy) is 3. The predicted octanol–water partition coefficient (Wildman–Crippen LogP) is 4.10. The van der Waals surface area contributed by atoms with Gasteiger partial charge in [-0.2, -0.15) is 0 Å². The van der Waals surface area contributed by atoms with Gasteiger partial charge in [0.15, 0.2) is 0 Å². The average Bonchev–Trinajstić information content (AvgIpc) is 3.30. The number of carbonyl (C=O) groups is 3. The van der Waals surface area contributed by atoms with Gasteiger partial charge in [-0.05, 0) is 56.0 Å². The molecule has 3 rings (SSSR count). The minimum Gasteiger partial charge on any atom is -0.494 e. The van der Waals surface area contributed by atoms with Crippen LogP contribution < -0.4 is 9.47 Å². The molecule has 2 aromatic rings. The summed E-state index contributed by atoms with van der Waals surface area (Å²) in [6, 6.07) is 8.27. The van der Waals surface area contributed by atoms with Gasteiger partial charge in [0.2, 0.25) is 5.76 Å². The van der Waals surface area contributed by atoms with E-state index in [9.17, 15) is 14.4 Å². The molecule has 0 aliphatic carbocycles. The molecule has 1 aromatic carbocycles. The summed E-state index contributed by atoms with van der Waals surface area (Å²) < 4.78 is 21.1. The summed E-state index contributed by atoms with van der Waals surface area (Å²) in [6.45, 7) is 4.63. The van der Waals surface area contributed by atoms with Crippen molar-refractivity contribution >= 4 is 35.0 Å². The molecule has 0 unspecified atom stereocenters. The van der Waals surface area contributed by atoms with E-state index in [0.29, 0.717) is 36.0 Å². The summed E-state index contributed by atoms with van der Waals surface area (Å²) in [4.78, 5) is 38.0. The summed E-state index contributed by atoms with van der Waals surface area (Å²) >= 11 is 0.833. The van der Waals surface area contributed by atoms with Crippen molar-refractivity contribution in [2.45, 2.75) is 20.4 Å². The lowest BCUT2D eigenvalue weighted by Gasteiger charge is -2.11. The van der Waals surface area contributed by atoms with Gasteiger partial charge < -0.3 is 18.6 Å². The monoisotopic (exact) mass is 431 g/mol. The first-order valence-electron chi connectivity index (χ1n) is 9.28. The smallest absolute Gasteiger partial charge is 0.373 e. The summed E-state index contributed by atoms with van der Waals surface area (Å²) in [5.41, 5.74) is 0.664. The van der Waals surface area contributed by atoms with Crippen LogP contribution in [0.4, 0.5) is 4.79 Å². The van der Waals surface area contributed by atoms with E-state index in [1.54, 1.807) is 24.3 Å². The fourth-order valence-corrected chi connectivity index (χ4v) is 3.61. The zero-order chi connectivity index (χ0) is 21.7. The maximum atomic E-state index is 12.8. The molecule has 0 radical (unpaired) electrons. The number of esters is 1. The van der Waals surface area contributed by atoms with Gasteiger partial charge in [-0.3, -0.25) is 14.5 Å². The van der Waals surface area contributed by atoms with E-state index in [1.165, 1.54) is 19.2 Å². The van der Waals surface area contributed by atoms with Crippen LogP contribution in [0.1, 0.15) is 35.7 Å². The first kappa shape index (κ1) is 21.5. The zero-order valence-electron chi connectivity index (χ0n) is 16.8. The lowest BCUT2D eigenvalue weighted by molar-refractivity contribution is -0.123. The van der Waals surface area contributed by atoms with Crippen molar-refractivity contribution in [2.24, 2.45) is 0 Å². The van der Waals surface area contributed by atoms with Gasteiger partial charge >= 0.3 is 5.97 Å². The topological polar surface area (TPSA) is 95.3 Å². The molecule has 1 aliphatic rings. The summed E-state index contributed by atoms with van der Waals surface area (Å²) in [5, 5.41) is -0.425. The highest BCUT2D eigenvalue weighted by molar-refractivity contribution is 8.18. The van der Waals surface area contributed by atoms with E-state index in [-0.39, 0.29) is 17.2 Å². The number of nitrogens with zero attached hydrogens (tertiary/aromatic N) is 1. The van der Waals surface area contributed by atoms with Crippen LogP contribution in [-0.2, 0) is 16.1 Å². The molecule has 0 spiro atoms. The molecule has 2 amide bonds. The molecule has 2 heterocycles. The van der Waals surface area contributed by atoms with Gasteiger partial charge in [-0.25, -0.2) is 4.79 Å². The normalized spacial score (nSPS) is 15.0. The third kappa shape index (κ3) is 4.68.